The van der Waals surface area contributed by atoms with Crippen LogP contribution < -0.4 is 5.32 Å². The van der Waals surface area contributed by atoms with Crippen molar-refractivity contribution in [1.29, 1.82) is 0 Å². The number of carbonyl (C=O) groups is 1. The van der Waals surface area contributed by atoms with Gasteiger partial charge < -0.3 is 20.1 Å². The number of nitrogens with zero attached hydrogens (tertiary/aromatic N) is 1. The maximum Gasteiger partial charge on any atom is 0.287 e. The average molecular weight is 483 g/mol. The van der Waals surface area contributed by atoms with Crippen LogP contribution in [-0.2, 0) is 9.53 Å². The van der Waals surface area contributed by atoms with Gasteiger partial charge in [0.2, 0.25) is 0 Å². The lowest BCUT2D eigenvalue weighted by Gasteiger charge is -2.19. The summed E-state index contributed by atoms with van der Waals surface area (Å²) in [6.07, 6.45) is 0.542. The Morgan fingerprint density at radius 2 is 2.06 bits per heavy atom. The first-order valence-corrected chi connectivity index (χ1v) is 11.1. The van der Waals surface area contributed by atoms with Crippen LogP contribution in [-0.4, -0.2) is 29.2 Å². The quantitative estimate of drug-likeness (QED) is 0.456. The first-order chi connectivity index (χ1) is 15.1. The second-order valence-electron chi connectivity index (χ2n) is 6.54. The Labute approximate surface area is 195 Å². The predicted molar refractivity (Wildman–Crippen MR) is 127 cm³/mol. The number of halogens is 3. The summed E-state index contributed by atoms with van der Waals surface area (Å²) in [5.74, 6) is -2.02. The van der Waals surface area contributed by atoms with Gasteiger partial charge in [0.05, 0.1) is 16.3 Å². The lowest BCUT2D eigenvalue weighted by molar-refractivity contribution is -0.128. The number of benzene rings is 1. The normalized spacial score (nSPS) is 18.1. The van der Waals surface area contributed by atoms with Gasteiger partial charge in [-0.1, -0.05) is 44.2 Å². The molecule has 172 valence electrons. The molecule has 1 fully saturated rings. The van der Waals surface area contributed by atoms with Crippen molar-refractivity contribution in [3.8, 4) is 11.1 Å². The van der Waals surface area contributed by atoms with Crippen molar-refractivity contribution in [2.45, 2.75) is 33.9 Å². The van der Waals surface area contributed by atoms with Crippen molar-refractivity contribution in [3.63, 3.8) is 0 Å². The number of hydrogen-bond acceptors (Lipinski definition) is 5. The Bertz CT molecular complexity index is 1090. The van der Waals surface area contributed by atoms with Gasteiger partial charge in [0, 0.05) is 18.0 Å². The molecule has 1 unspecified atom stereocenters. The molecule has 2 aromatic rings. The van der Waals surface area contributed by atoms with Gasteiger partial charge in [-0.15, -0.1) is 11.3 Å². The lowest BCUT2D eigenvalue weighted by atomic mass is 10.0. The number of aliphatic hydroxyl groups excluding tert-OH is 1. The zero-order chi connectivity index (χ0) is 24.2. The van der Waals surface area contributed by atoms with E-state index in [1.807, 2.05) is 13.8 Å². The van der Waals surface area contributed by atoms with E-state index >= 15 is 0 Å². The second-order valence-corrected chi connectivity index (χ2v) is 7.82. The third kappa shape index (κ3) is 4.97. The van der Waals surface area contributed by atoms with Crippen molar-refractivity contribution >= 4 is 39.6 Å². The fourth-order valence-electron chi connectivity index (χ4n) is 3.15. The number of carbonyl (C=O) groups excluding carboxylic acids is 1. The van der Waals surface area contributed by atoms with Crippen LogP contribution in [0.1, 0.15) is 33.3 Å². The molecule has 0 radical (unpaired) electrons. The Balaban J connectivity index is 0.00000176. The van der Waals surface area contributed by atoms with Crippen LogP contribution in [0.2, 0.25) is 5.02 Å². The molecule has 1 aliphatic rings. The number of thiophene rings is 1. The fraction of sp³-hybridized carbons (Fsp3) is 0.261. The highest BCUT2D eigenvalue weighted by Crippen LogP contribution is 2.40. The highest BCUT2D eigenvalue weighted by atomic mass is 35.5. The summed E-state index contributed by atoms with van der Waals surface area (Å²) in [5.41, 5.74) is 1.64. The Kier molecular flexibility index (Phi) is 8.46. The summed E-state index contributed by atoms with van der Waals surface area (Å²) in [5, 5.41) is 14.7. The van der Waals surface area contributed by atoms with E-state index in [0.717, 1.165) is 11.3 Å². The Morgan fingerprint density at radius 3 is 2.56 bits per heavy atom. The third-order valence-corrected chi connectivity index (χ3v) is 5.75. The van der Waals surface area contributed by atoms with E-state index < -0.39 is 23.8 Å². The van der Waals surface area contributed by atoms with Gasteiger partial charge in [-0.2, -0.15) is 0 Å². The second kappa shape index (κ2) is 10.7. The molecule has 0 bridgehead atoms. The number of nitrogens with one attached hydrogen (secondary N) is 1. The van der Waals surface area contributed by atoms with Gasteiger partial charge >= 0.3 is 0 Å². The summed E-state index contributed by atoms with van der Waals surface area (Å²) in [4.78, 5) is 14.3. The molecule has 1 atom stereocenters. The molecule has 0 aliphatic carbocycles. The van der Waals surface area contributed by atoms with E-state index in [4.69, 9.17) is 16.3 Å². The monoisotopic (exact) mass is 482 g/mol. The number of ether oxygens (including phenoxy) is 1. The summed E-state index contributed by atoms with van der Waals surface area (Å²) < 4.78 is 33.2. The number of hydrogen-bond donors (Lipinski definition) is 2. The first kappa shape index (κ1) is 25.4. The minimum absolute atomic E-state index is 0.00421. The van der Waals surface area contributed by atoms with E-state index in [2.05, 4.69) is 11.9 Å². The van der Waals surface area contributed by atoms with Crippen LogP contribution in [0.25, 0.3) is 16.9 Å². The highest BCUT2D eigenvalue weighted by Gasteiger charge is 2.38. The van der Waals surface area contributed by atoms with E-state index in [0.29, 0.717) is 21.8 Å². The van der Waals surface area contributed by atoms with E-state index in [1.165, 1.54) is 24.0 Å². The Hall–Kier alpha value is -2.84. The van der Waals surface area contributed by atoms with Crippen LogP contribution in [0.5, 0.6) is 0 Å². The number of aliphatic hydroxyl groups is 1. The molecule has 0 spiro atoms. The number of allylic oxidation sites excluding steroid dienone is 2. The predicted octanol–water partition coefficient (Wildman–Crippen LogP) is 7.09. The lowest BCUT2D eigenvalue weighted by Crippen LogP contribution is -2.37. The molecular formula is C23H25ClF2N2O3S. The molecule has 1 aromatic heterocycles. The third-order valence-electron chi connectivity index (χ3n) is 4.55. The molecule has 5 nitrogen and oxygen atoms in total. The maximum atomic E-state index is 13.9. The molecule has 32 heavy (non-hydrogen) atoms. The van der Waals surface area contributed by atoms with E-state index in [9.17, 15) is 18.7 Å². The molecule has 1 amide bonds. The molecule has 2 N–H and O–H groups in total. The standard InChI is InChI=1S/C21H19ClF2N2O3S.C2H6/c1-5-16-18(10(2)23)29-21(26(16)4)19(28)25-20-17(11(3)27)13(9-30-20)12-6-7-14(22)15(24)8-12;1-2/h5-9,21,27H,3H2,1-2,4H3,(H,25,28);1-2H3/b16-5+,18-10-;. The van der Waals surface area contributed by atoms with Gasteiger partial charge in [-0.3, -0.25) is 4.79 Å². The van der Waals surface area contributed by atoms with Crippen molar-refractivity contribution in [3.05, 3.63) is 69.9 Å². The fourth-order valence-corrected chi connectivity index (χ4v) is 4.26. The molecule has 1 saturated heterocycles. The largest absolute Gasteiger partial charge is 0.508 e. The van der Waals surface area contributed by atoms with Crippen molar-refractivity contribution in [1.82, 2.24) is 4.90 Å². The SMILES string of the molecule is C=C(O)c1c(-c2ccc(Cl)c(F)c2)csc1NC(=O)C1OC(=C(/C)F)/C(=C\C)N1C.CC. The summed E-state index contributed by atoms with van der Waals surface area (Å²) in [6.45, 7) is 10.5. The van der Waals surface area contributed by atoms with E-state index in [1.54, 1.807) is 31.5 Å². The van der Waals surface area contributed by atoms with Gasteiger partial charge in [0.25, 0.3) is 12.1 Å². The molecular weight excluding hydrogens is 458 g/mol. The Morgan fingerprint density at radius 1 is 1.41 bits per heavy atom. The first-order valence-electron chi connectivity index (χ1n) is 9.84. The summed E-state index contributed by atoms with van der Waals surface area (Å²) in [7, 11) is 1.61. The number of likely N-dealkylation sites (N-methyl/N-ethyl adjacent to an activating group) is 1. The van der Waals surface area contributed by atoms with Gasteiger partial charge in [-0.05, 0) is 31.5 Å². The zero-order valence-electron chi connectivity index (χ0n) is 18.4. The van der Waals surface area contributed by atoms with Gasteiger partial charge in [0.1, 0.15) is 22.4 Å². The molecule has 9 heteroatoms. The maximum absolute atomic E-state index is 13.9. The smallest absolute Gasteiger partial charge is 0.287 e. The molecule has 0 saturated carbocycles. The van der Waals surface area contributed by atoms with Crippen LogP contribution in [0.3, 0.4) is 0 Å². The van der Waals surface area contributed by atoms with Crippen LogP contribution in [0.15, 0.2) is 53.5 Å². The minimum atomic E-state index is -1.10. The minimum Gasteiger partial charge on any atom is -0.508 e. The number of amides is 1. The van der Waals surface area contributed by atoms with Crippen LogP contribution in [0.4, 0.5) is 13.8 Å². The van der Waals surface area contributed by atoms with Crippen molar-refractivity contribution in [2.75, 3.05) is 12.4 Å². The average Bonchev–Trinajstić information content (AvgIpc) is 3.32. The highest BCUT2D eigenvalue weighted by molar-refractivity contribution is 7.15. The topological polar surface area (TPSA) is 61.8 Å². The number of anilines is 1. The van der Waals surface area contributed by atoms with Crippen molar-refractivity contribution < 1.29 is 23.4 Å². The molecule has 1 aliphatic heterocycles. The molecule has 3 rings (SSSR count). The number of rotatable bonds is 4. The zero-order valence-corrected chi connectivity index (χ0v) is 20.0. The van der Waals surface area contributed by atoms with E-state index in [-0.39, 0.29) is 22.1 Å². The molecule has 1 aromatic carbocycles. The summed E-state index contributed by atoms with van der Waals surface area (Å²) >= 11 is 6.87. The van der Waals surface area contributed by atoms with Gasteiger partial charge in [0.15, 0.2) is 5.76 Å². The van der Waals surface area contributed by atoms with Crippen molar-refractivity contribution in [2.24, 2.45) is 0 Å². The van der Waals surface area contributed by atoms with Crippen LogP contribution >= 0.6 is 22.9 Å². The van der Waals surface area contributed by atoms with Crippen LogP contribution in [0, 0.1) is 5.82 Å². The molecule has 2 heterocycles. The summed E-state index contributed by atoms with van der Waals surface area (Å²) in [6, 6.07) is 4.23. The van der Waals surface area contributed by atoms with Gasteiger partial charge in [-0.25, -0.2) is 8.78 Å².